The van der Waals surface area contributed by atoms with Gasteiger partial charge >= 0.3 is 5.69 Å². The summed E-state index contributed by atoms with van der Waals surface area (Å²) in [6, 6.07) is 11.6. The summed E-state index contributed by atoms with van der Waals surface area (Å²) in [5.74, 6) is 0.861. The van der Waals surface area contributed by atoms with Crippen LogP contribution >= 0.6 is 0 Å². The molecule has 8 heteroatoms. The maximum Gasteiger partial charge on any atom is 0.325 e. The molecule has 144 valence electrons. The fourth-order valence-corrected chi connectivity index (χ4v) is 3.44. The summed E-state index contributed by atoms with van der Waals surface area (Å²) in [6.07, 6.45) is 3.41. The number of rotatable bonds is 4. The van der Waals surface area contributed by atoms with E-state index >= 15 is 0 Å². The third-order valence-electron chi connectivity index (χ3n) is 4.81. The molecule has 3 aromatic rings. The molecule has 1 aliphatic heterocycles. The van der Waals surface area contributed by atoms with E-state index in [0.717, 1.165) is 43.1 Å². The lowest BCUT2D eigenvalue weighted by molar-refractivity contribution is 0.179. The lowest BCUT2D eigenvalue weighted by Crippen LogP contribution is -2.41. The number of aromatic nitrogens is 4. The molecule has 4 rings (SSSR count). The van der Waals surface area contributed by atoms with E-state index in [1.54, 1.807) is 0 Å². The summed E-state index contributed by atoms with van der Waals surface area (Å²) in [4.78, 5) is 30.3. The zero-order chi connectivity index (χ0) is 19.5. The normalized spacial score (nSPS) is 16.8. The number of para-hydroxylation sites is 1. The van der Waals surface area contributed by atoms with Crippen LogP contribution in [0.15, 0.2) is 52.2 Å². The largest absolute Gasteiger partial charge is 0.489 e. The SMILES string of the molecule is Cc1nnc(-c2c[nH]c(=O)[nH]c2=O)cc1N1CCCC(Oc2ccccc2)C1. The minimum atomic E-state index is -0.550. The fourth-order valence-electron chi connectivity index (χ4n) is 3.44. The molecule has 1 atom stereocenters. The number of H-pyrrole nitrogens is 2. The number of benzene rings is 1. The smallest absolute Gasteiger partial charge is 0.325 e. The summed E-state index contributed by atoms with van der Waals surface area (Å²) in [6.45, 7) is 3.50. The first-order chi connectivity index (χ1) is 13.6. The monoisotopic (exact) mass is 379 g/mol. The summed E-state index contributed by atoms with van der Waals surface area (Å²) < 4.78 is 6.12. The van der Waals surface area contributed by atoms with Crippen molar-refractivity contribution in [2.45, 2.75) is 25.9 Å². The van der Waals surface area contributed by atoms with Crippen molar-refractivity contribution in [2.24, 2.45) is 0 Å². The quantitative estimate of drug-likeness (QED) is 0.717. The molecule has 1 aromatic carbocycles. The number of aryl methyl sites for hydroxylation is 1. The first-order valence-corrected chi connectivity index (χ1v) is 9.23. The number of hydrogen-bond donors (Lipinski definition) is 2. The second kappa shape index (κ2) is 7.67. The first kappa shape index (κ1) is 18.0. The van der Waals surface area contributed by atoms with E-state index < -0.39 is 11.2 Å². The van der Waals surface area contributed by atoms with Gasteiger partial charge in [-0.2, -0.15) is 5.10 Å². The molecule has 8 nitrogen and oxygen atoms in total. The number of anilines is 1. The Morgan fingerprint density at radius 1 is 1.18 bits per heavy atom. The van der Waals surface area contributed by atoms with Crippen LogP contribution in [0.1, 0.15) is 18.5 Å². The Morgan fingerprint density at radius 2 is 2.00 bits per heavy atom. The first-order valence-electron chi connectivity index (χ1n) is 9.23. The highest BCUT2D eigenvalue weighted by Crippen LogP contribution is 2.27. The van der Waals surface area contributed by atoms with Crippen LogP contribution in [0.2, 0.25) is 0 Å². The molecule has 0 amide bonds. The van der Waals surface area contributed by atoms with Crippen molar-refractivity contribution in [1.82, 2.24) is 20.2 Å². The number of aromatic amines is 2. The molecule has 1 fully saturated rings. The molecule has 1 saturated heterocycles. The van der Waals surface area contributed by atoms with Crippen LogP contribution in [-0.2, 0) is 0 Å². The van der Waals surface area contributed by atoms with Crippen LogP contribution in [0.4, 0.5) is 5.69 Å². The Bertz CT molecular complexity index is 1080. The van der Waals surface area contributed by atoms with E-state index in [0.29, 0.717) is 5.69 Å². The molecule has 2 N–H and O–H groups in total. The number of nitrogens with zero attached hydrogens (tertiary/aromatic N) is 3. The van der Waals surface area contributed by atoms with Crippen molar-refractivity contribution in [3.8, 4) is 17.0 Å². The Kier molecular flexibility index (Phi) is 4.92. The average molecular weight is 379 g/mol. The van der Waals surface area contributed by atoms with Gasteiger partial charge in [-0.3, -0.25) is 9.78 Å². The van der Waals surface area contributed by atoms with Crippen LogP contribution in [0.5, 0.6) is 5.75 Å². The Labute approximate surface area is 161 Å². The van der Waals surface area contributed by atoms with Gasteiger partial charge in [-0.1, -0.05) is 18.2 Å². The summed E-state index contributed by atoms with van der Waals surface area (Å²) in [5.41, 5.74) is 1.36. The molecule has 2 aromatic heterocycles. The predicted octanol–water partition coefficient (Wildman–Crippen LogP) is 1.88. The van der Waals surface area contributed by atoms with Gasteiger partial charge < -0.3 is 14.6 Å². The molecular weight excluding hydrogens is 358 g/mol. The summed E-state index contributed by atoms with van der Waals surface area (Å²) in [7, 11) is 0. The zero-order valence-corrected chi connectivity index (χ0v) is 15.5. The van der Waals surface area contributed by atoms with Gasteiger partial charge in [0.05, 0.1) is 23.5 Å². The minimum absolute atomic E-state index is 0.0728. The standard InChI is InChI=1S/C20H21N5O3/c1-13-18(10-17(24-23-13)16-11-21-20(27)22-19(16)26)25-9-5-8-15(12-25)28-14-6-3-2-4-7-14/h2-4,6-7,10-11,15H,5,8-9,12H2,1H3,(H2,21,22,26,27). The fraction of sp³-hybridized carbons (Fsp3) is 0.300. The van der Waals surface area contributed by atoms with E-state index in [-0.39, 0.29) is 11.7 Å². The molecular formula is C20H21N5O3. The van der Waals surface area contributed by atoms with Gasteiger partial charge in [0.1, 0.15) is 17.5 Å². The van der Waals surface area contributed by atoms with Crippen molar-refractivity contribution in [2.75, 3.05) is 18.0 Å². The van der Waals surface area contributed by atoms with Crippen molar-refractivity contribution in [3.05, 3.63) is 69.1 Å². The summed E-state index contributed by atoms with van der Waals surface area (Å²) >= 11 is 0. The molecule has 28 heavy (non-hydrogen) atoms. The molecule has 0 saturated carbocycles. The predicted molar refractivity (Wildman–Crippen MR) is 106 cm³/mol. The lowest BCUT2D eigenvalue weighted by atomic mass is 10.1. The van der Waals surface area contributed by atoms with Crippen LogP contribution in [0.3, 0.4) is 0 Å². The van der Waals surface area contributed by atoms with Crippen LogP contribution < -0.4 is 20.9 Å². The molecule has 1 aliphatic rings. The lowest BCUT2D eigenvalue weighted by Gasteiger charge is -2.35. The van der Waals surface area contributed by atoms with Crippen molar-refractivity contribution >= 4 is 5.69 Å². The van der Waals surface area contributed by atoms with Gasteiger partial charge in [0.15, 0.2) is 0 Å². The topological polar surface area (TPSA) is 104 Å². The molecule has 1 unspecified atom stereocenters. The third kappa shape index (κ3) is 3.80. The Hall–Kier alpha value is -3.42. The highest BCUT2D eigenvalue weighted by atomic mass is 16.5. The van der Waals surface area contributed by atoms with Gasteiger partial charge in [0.2, 0.25) is 0 Å². The van der Waals surface area contributed by atoms with Crippen LogP contribution in [-0.4, -0.2) is 39.4 Å². The average Bonchev–Trinajstić information content (AvgIpc) is 2.70. The van der Waals surface area contributed by atoms with Gasteiger partial charge in [-0.15, -0.1) is 5.10 Å². The summed E-state index contributed by atoms with van der Waals surface area (Å²) in [5, 5.41) is 8.36. The van der Waals surface area contributed by atoms with E-state index in [9.17, 15) is 9.59 Å². The highest BCUT2D eigenvalue weighted by molar-refractivity contribution is 5.64. The van der Waals surface area contributed by atoms with Gasteiger partial charge in [0, 0.05) is 12.7 Å². The van der Waals surface area contributed by atoms with Gasteiger partial charge in [0.25, 0.3) is 5.56 Å². The molecule has 0 radical (unpaired) electrons. The van der Waals surface area contributed by atoms with Crippen molar-refractivity contribution < 1.29 is 4.74 Å². The minimum Gasteiger partial charge on any atom is -0.489 e. The molecule has 0 spiro atoms. The number of ether oxygens (including phenoxy) is 1. The van der Waals surface area contributed by atoms with Crippen LogP contribution in [0.25, 0.3) is 11.3 Å². The number of nitrogens with one attached hydrogen (secondary N) is 2. The Morgan fingerprint density at radius 3 is 2.79 bits per heavy atom. The molecule has 0 aliphatic carbocycles. The zero-order valence-electron chi connectivity index (χ0n) is 15.5. The maximum absolute atomic E-state index is 12.1. The van der Waals surface area contributed by atoms with Gasteiger partial charge in [-0.05, 0) is 38.0 Å². The third-order valence-corrected chi connectivity index (χ3v) is 4.81. The maximum atomic E-state index is 12.1. The number of hydrogen-bond acceptors (Lipinski definition) is 6. The van der Waals surface area contributed by atoms with Crippen LogP contribution in [0, 0.1) is 6.92 Å². The second-order valence-corrected chi connectivity index (χ2v) is 6.83. The van der Waals surface area contributed by atoms with E-state index in [2.05, 4.69) is 25.1 Å². The number of piperidine rings is 1. The highest BCUT2D eigenvalue weighted by Gasteiger charge is 2.24. The molecule has 0 bridgehead atoms. The van der Waals surface area contributed by atoms with Crippen molar-refractivity contribution in [3.63, 3.8) is 0 Å². The van der Waals surface area contributed by atoms with Crippen molar-refractivity contribution in [1.29, 1.82) is 0 Å². The second-order valence-electron chi connectivity index (χ2n) is 6.83. The Balaban J connectivity index is 1.59. The van der Waals surface area contributed by atoms with Gasteiger partial charge in [-0.25, -0.2) is 4.79 Å². The van der Waals surface area contributed by atoms with E-state index in [1.807, 2.05) is 43.3 Å². The van der Waals surface area contributed by atoms with E-state index in [4.69, 9.17) is 4.74 Å². The molecule has 3 heterocycles. The van der Waals surface area contributed by atoms with E-state index in [1.165, 1.54) is 6.20 Å².